The zero-order valence-electron chi connectivity index (χ0n) is 12.5. The van der Waals surface area contributed by atoms with Crippen molar-refractivity contribution in [2.45, 2.75) is 52.1 Å². The molecule has 0 aliphatic carbocycles. The van der Waals surface area contributed by atoms with Gasteiger partial charge in [-0.05, 0) is 37.8 Å². The molecule has 0 aromatic carbocycles. The average molecular weight is 301 g/mol. The summed E-state index contributed by atoms with van der Waals surface area (Å²) in [6.45, 7) is 6.81. The van der Waals surface area contributed by atoms with Gasteiger partial charge in [0.25, 0.3) is 0 Å². The highest BCUT2D eigenvalue weighted by Gasteiger charge is 2.33. The zero-order chi connectivity index (χ0) is 14.0. The Kier molecular flexibility index (Phi) is 6.08. The fraction of sp³-hybridized carbons (Fsp3) is 0.667. The molecule has 1 aromatic heterocycles. The number of piperidine rings is 1. The van der Waals surface area contributed by atoms with Gasteiger partial charge in [0.2, 0.25) is 5.91 Å². The molecule has 20 heavy (non-hydrogen) atoms. The first kappa shape index (κ1) is 17.1. The van der Waals surface area contributed by atoms with Crippen LogP contribution in [0.3, 0.4) is 0 Å². The molecule has 2 rings (SSSR count). The molecule has 1 fully saturated rings. The molecule has 1 aliphatic heterocycles. The molecule has 114 valence electrons. The van der Waals surface area contributed by atoms with Gasteiger partial charge in [0.1, 0.15) is 11.5 Å². The van der Waals surface area contributed by atoms with Crippen LogP contribution in [0.15, 0.2) is 16.5 Å². The molecule has 1 saturated heterocycles. The Morgan fingerprint density at radius 1 is 1.55 bits per heavy atom. The fourth-order valence-electron chi connectivity index (χ4n) is 2.70. The van der Waals surface area contributed by atoms with Crippen molar-refractivity contribution < 1.29 is 9.21 Å². The highest BCUT2D eigenvalue weighted by molar-refractivity contribution is 5.85. The third-order valence-corrected chi connectivity index (χ3v) is 3.90. The van der Waals surface area contributed by atoms with E-state index in [-0.39, 0.29) is 24.4 Å². The Balaban J connectivity index is 0.00000200. The standard InChI is InChI=1S/C15H24N2O2.ClH/c1-4-12-5-6-14(19-12)13-9-10(2)7-8-17(13)15(18)11(3)16;/h5-6,10-11,13H,4,7-9,16H2,1-3H3;1H. The second-order valence-electron chi connectivity index (χ2n) is 5.62. The van der Waals surface area contributed by atoms with Crippen LogP contribution in [0.1, 0.15) is 51.2 Å². The molecule has 2 N–H and O–H groups in total. The maximum absolute atomic E-state index is 12.2. The van der Waals surface area contributed by atoms with Crippen molar-refractivity contribution in [2.24, 2.45) is 11.7 Å². The van der Waals surface area contributed by atoms with E-state index in [1.165, 1.54) is 0 Å². The van der Waals surface area contributed by atoms with Gasteiger partial charge in [0.15, 0.2) is 0 Å². The van der Waals surface area contributed by atoms with Gasteiger partial charge in [0.05, 0.1) is 12.1 Å². The molecule has 3 atom stereocenters. The van der Waals surface area contributed by atoms with Crippen LogP contribution in [-0.2, 0) is 11.2 Å². The maximum Gasteiger partial charge on any atom is 0.239 e. The van der Waals surface area contributed by atoms with Crippen molar-refractivity contribution >= 4 is 18.3 Å². The summed E-state index contributed by atoms with van der Waals surface area (Å²) in [5.74, 6) is 2.50. The number of aryl methyl sites for hydroxylation is 1. The number of likely N-dealkylation sites (tertiary alicyclic amines) is 1. The largest absolute Gasteiger partial charge is 0.464 e. The van der Waals surface area contributed by atoms with E-state index in [1.807, 2.05) is 17.0 Å². The Bertz CT molecular complexity index is 445. The van der Waals surface area contributed by atoms with Crippen molar-refractivity contribution in [3.05, 3.63) is 23.7 Å². The lowest BCUT2D eigenvalue weighted by Gasteiger charge is -2.38. The summed E-state index contributed by atoms with van der Waals surface area (Å²) in [6, 6.07) is 3.60. The van der Waals surface area contributed by atoms with Crippen LogP contribution in [0.25, 0.3) is 0 Å². The SMILES string of the molecule is CCc1ccc(C2CC(C)CCN2C(=O)C(C)N)o1.Cl. The van der Waals surface area contributed by atoms with Crippen LogP contribution in [0, 0.1) is 5.92 Å². The minimum atomic E-state index is -0.448. The highest BCUT2D eigenvalue weighted by Crippen LogP contribution is 2.35. The molecule has 4 nitrogen and oxygen atoms in total. The van der Waals surface area contributed by atoms with Crippen molar-refractivity contribution in [1.82, 2.24) is 4.90 Å². The van der Waals surface area contributed by atoms with Gasteiger partial charge in [-0.3, -0.25) is 4.79 Å². The lowest BCUT2D eigenvalue weighted by atomic mass is 9.90. The van der Waals surface area contributed by atoms with Crippen LogP contribution in [0.4, 0.5) is 0 Å². The number of nitrogens with two attached hydrogens (primary N) is 1. The third-order valence-electron chi connectivity index (χ3n) is 3.90. The van der Waals surface area contributed by atoms with Crippen molar-refractivity contribution in [1.29, 1.82) is 0 Å². The molecular weight excluding hydrogens is 276 g/mol. The van der Waals surface area contributed by atoms with Gasteiger partial charge in [-0.2, -0.15) is 0 Å². The minimum Gasteiger partial charge on any atom is -0.464 e. The van der Waals surface area contributed by atoms with Crippen molar-refractivity contribution in [2.75, 3.05) is 6.54 Å². The van der Waals surface area contributed by atoms with Gasteiger partial charge in [-0.1, -0.05) is 13.8 Å². The molecule has 5 heteroatoms. The summed E-state index contributed by atoms with van der Waals surface area (Å²) in [4.78, 5) is 14.1. The summed E-state index contributed by atoms with van der Waals surface area (Å²) in [6.07, 6.45) is 2.87. The zero-order valence-corrected chi connectivity index (χ0v) is 13.3. The van der Waals surface area contributed by atoms with Crippen LogP contribution in [0.5, 0.6) is 0 Å². The van der Waals surface area contributed by atoms with Crippen LogP contribution >= 0.6 is 12.4 Å². The van der Waals surface area contributed by atoms with Crippen LogP contribution < -0.4 is 5.73 Å². The van der Waals surface area contributed by atoms with E-state index in [2.05, 4.69) is 13.8 Å². The molecule has 0 saturated carbocycles. The van der Waals surface area contributed by atoms with E-state index in [4.69, 9.17) is 10.2 Å². The molecule has 1 amide bonds. The molecule has 0 bridgehead atoms. The fourth-order valence-corrected chi connectivity index (χ4v) is 2.70. The second kappa shape index (κ2) is 7.14. The number of carbonyl (C=O) groups is 1. The number of rotatable bonds is 3. The van der Waals surface area contributed by atoms with E-state index in [9.17, 15) is 4.79 Å². The minimum absolute atomic E-state index is 0. The van der Waals surface area contributed by atoms with Crippen molar-refractivity contribution in [3.8, 4) is 0 Å². The third kappa shape index (κ3) is 3.55. The summed E-state index contributed by atoms with van der Waals surface area (Å²) in [5, 5.41) is 0. The molecule has 0 spiro atoms. The summed E-state index contributed by atoms with van der Waals surface area (Å²) >= 11 is 0. The van der Waals surface area contributed by atoms with E-state index in [1.54, 1.807) is 6.92 Å². The first-order chi connectivity index (χ1) is 9.02. The first-order valence-corrected chi connectivity index (χ1v) is 7.17. The summed E-state index contributed by atoms with van der Waals surface area (Å²) < 4.78 is 5.85. The Morgan fingerprint density at radius 3 is 2.80 bits per heavy atom. The van der Waals surface area contributed by atoms with E-state index < -0.39 is 6.04 Å². The second-order valence-corrected chi connectivity index (χ2v) is 5.62. The van der Waals surface area contributed by atoms with Gasteiger partial charge in [-0.25, -0.2) is 0 Å². The summed E-state index contributed by atoms with van der Waals surface area (Å²) in [5.41, 5.74) is 5.75. The molecule has 2 heterocycles. The lowest BCUT2D eigenvalue weighted by Crippen LogP contribution is -2.47. The number of carbonyl (C=O) groups excluding carboxylic acids is 1. The van der Waals surface area contributed by atoms with Gasteiger partial charge >= 0.3 is 0 Å². The number of nitrogens with zero attached hydrogens (tertiary/aromatic N) is 1. The predicted octanol–water partition coefficient (Wildman–Crippen LogP) is 2.91. The van der Waals surface area contributed by atoms with E-state index >= 15 is 0 Å². The maximum atomic E-state index is 12.2. The molecule has 1 aliphatic rings. The number of hydrogen-bond donors (Lipinski definition) is 1. The van der Waals surface area contributed by atoms with Gasteiger partial charge < -0.3 is 15.1 Å². The van der Waals surface area contributed by atoms with E-state index in [0.29, 0.717) is 5.92 Å². The van der Waals surface area contributed by atoms with Crippen molar-refractivity contribution in [3.63, 3.8) is 0 Å². The van der Waals surface area contributed by atoms with Crippen LogP contribution in [-0.4, -0.2) is 23.4 Å². The molecule has 0 radical (unpaired) electrons. The number of amides is 1. The Morgan fingerprint density at radius 2 is 2.25 bits per heavy atom. The first-order valence-electron chi connectivity index (χ1n) is 7.17. The molecular formula is C15H25ClN2O2. The Hall–Kier alpha value is -1.00. The molecule has 3 unspecified atom stereocenters. The number of halogens is 1. The van der Waals surface area contributed by atoms with E-state index in [0.717, 1.165) is 37.3 Å². The summed E-state index contributed by atoms with van der Waals surface area (Å²) in [7, 11) is 0. The number of furan rings is 1. The smallest absolute Gasteiger partial charge is 0.239 e. The topological polar surface area (TPSA) is 59.5 Å². The predicted molar refractivity (Wildman–Crippen MR) is 81.8 cm³/mol. The monoisotopic (exact) mass is 300 g/mol. The lowest BCUT2D eigenvalue weighted by molar-refractivity contribution is -0.137. The number of hydrogen-bond acceptors (Lipinski definition) is 3. The van der Waals surface area contributed by atoms with Gasteiger partial charge in [0, 0.05) is 13.0 Å². The van der Waals surface area contributed by atoms with Crippen LogP contribution in [0.2, 0.25) is 0 Å². The normalized spacial score (nSPS) is 24.1. The Labute approximate surface area is 127 Å². The average Bonchev–Trinajstić information content (AvgIpc) is 2.86. The highest BCUT2D eigenvalue weighted by atomic mass is 35.5. The van der Waals surface area contributed by atoms with Gasteiger partial charge in [-0.15, -0.1) is 12.4 Å². The molecule has 1 aromatic rings. The quantitative estimate of drug-likeness (QED) is 0.933.